The van der Waals surface area contributed by atoms with E-state index in [1.807, 2.05) is 13.8 Å². The Labute approximate surface area is 96.4 Å². The molecule has 0 aromatic heterocycles. The van der Waals surface area contributed by atoms with Crippen LogP contribution in [0.4, 0.5) is 0 Å². The second-order valence-corrected chi connectivity index (χ2v) is 4.58. The molecule has 1 N–H and O–H groups in total. The van der Waals surface area contributed by atoms with E-state index in [4.69, 9.17) is 23.2 Å². The molecule has 1 aliphatic heterocycles. The minimum absolute atomic E-state index is 0. The van der Waals surface area contributed by atoms with Gasteiger partial charge in [-0.3, -0.25) is 4.90 Å². The molecule has 0 aromatic carbocycles. The molecule has 1 rings (SSSR count). The third-order valence-electron chi connectivity index (χ3n) is 2.31. The van der Waals surface area contributed by atoms with Crippen LogP contribution in [0.3, 0.4) is 0 Å². The quantitative estimate of drug-likeness (QED) is 0.592. The molecule has 0 aromatic rings. The number of rotatable bonds is 2. The van der Waals surface area contributed by atoms with E-state index in [2.05, 4.69) is 10.2 Å². The average molecular weight is 248 g/mol. The number of alkyl halides is 2. The topological polar surface area (TPSA) is 15.3 Å². The van der Waals surface area contributed by atoms with Crippen LogP contribution < -0.4 is 5.32 Å². The van der Waals surface area contributed by atoms with E-state index in [0.717, 1.165) is 19.6 Å². The Bertz CT molecular complexity index is 125. The third kappa shape index (κ3) is 3.80. The Morgan fingerprint density at radius 2 is 2.00 bits per heavy atom. The summed E-state index contributed by atoms with van der Waals surface area (Å²) >= 11 is 12.1. The van der Waals surface area contributed by atoms with Gasteiger partial charge in [0.2, 0.25) is 0 Å². The van der Waals surface area contributed by atoms with Crippen LogP contribution >= 0.6 is 35.6 Å². The summed E-state index contributed by atoms with van der Waals surface area (Å²) in [6, 6.07) is 0.368. The molecule has 0 bridgehead atoms. The maximum Gasteiger partial charge on any atom is 0.0825 e. The zero-order valence-corrected chi connectivity index (χ0v) is 10.3. The van der Waals surface area contributed by atoms with Crippen molar-refractivity contribution in [3.63, 3.8) is 0 Å². The summed E-state index contributed by atoms with van der Waals surface area (Å²) in [5.74, 6) is 0. The number of piperazine rings is 1. The van der Waals surface area contributed by atoms with Crippen LogP contribution in [-0.4, -0.2) is 41.5 Å². The maximum absolute atomic E-state index is 6.06. The van der Waals surface area contributed by atoms with E-state index in [-0.39, 0.29) is 23.3 Å². The maximum atomic E-state index is 6.06. The summed E-state index contributed by atoms with van der Waals surface area (Å²) in [5.41, 5.74) is 0.0818. The number of nitrogens with zero attached hydrogens (tertiary/aromatic N) is 1. The molecule has 1 aliphatic rings. The molecule has 1 fully saturated rings. The van der Waals surface area contributed by atoms with Gasteiger partial charge in [0.1, 0.15) is 0 Å². The highest BCUT2D eigenvalue weighted by atomic mass is 35.5. The molecule has 1 saturated heterocycles. The lowest BCUT2D eigenvalue weighted by Gasteiger charge is -2.39. The van der Waals surface area contributed by atoms with E-state index in [0.29, 0.717) is 6.04 Å². The first-order chi connectivity index (χ1) is 5.63. The van der Waals surface area contributed by atoms with Crippen LogP contribution in [-0.2, 0) is 0 Å². The normalized spacial score (nSPS) is 29.1. The van der Waals surface area contributed by atoms with Crippen LogP contribution in [0, 0.1) is 0 Å². The van der Waals surface area contributed by atoms with Crippen molar-refractivity contribution >= 4 is 35.6 Å². The van der Waals surface area contributed by atoms with Crippen molar-refractivity contribution < 1.29 is 0 Å². The van der Waals surface area contributed by atoms with Gasteiger partial charge in [-0.25, -0.2) is 0 Å². The Balaban J connectivity index is 0.00000144. The zero-order valence-electron chi connectivity index (χ0n) is 7.96. The lowest BCUT2D eigenvalue weighted by atomic mass is 10.1. The van der Waals surface area contributed by atoms with Crippen LogP contribution in [0.2, 0.25) is 0 Å². The van der Waals surface area contributed by atoms with Crippen molar-refractivity contribution in [1.29, 1.82) is 0 Å². The minimum atomic E-state index is 0. The van der Waals surface area contributed by atoms with Crippen LogP contribution in [0.25, 0.3) is 0 Å². The summed E-state index contributed by atoms with van der Waals surface area (Å²) in [6.07, 6.45) is 0. The molecule has 0 amide bonds. The summed E-state index contributed by atoms with van der Waals surface area (Å²) < 4.78 is 0. The molecule has 3 unspecified atom stereocenters. The third-order valence-corrected chi connectivity index (χ3v) is 2.86. The predicted octanol–water partition coefficient (Wildman–Crippen LogP) is 1.89. The minimum Gasteiger partial charge on any atom is -0.314 e. The first kappa shape index (κ1) is 13.8. The molecular weight excluding hydrogens is 230 g/mol. The fraction of sp³-hybridized carbons (Fsp3) is 1.00. The van der Waals surface area contributed by atoms with Gasteiger partial charge in [0, 0.05) is 31.1 Å². The van der Waals surface area contributed by atoms with Crippen molar-refractivity contribution in [2.24, 2.45) is 0 Å². The molecule has 0 aliphatic carbocycles. The first-order valence-electron chi connectivity index (χ1n) is 4.37. The van der Waals surface area contributed by atoms with Crippen LogP contribution in [0.15, 0.2) is 0 Å². The second-order valence-electron chi connectivity index (χ2n) is 3.26. The Morgan fingerprint density at radius 3 is 2.38 bits per heavy atom. The van der Waals surface area contributed by atoms with Crippen molar-refractivity contribution in [1.82, 2.24) is 10.2 Å². The molecule has 1 heterocycles. The average Bonchev–Trinajstić information content (AvgIpc) is 2.04. The summed E-state index contributed by atoms with van der Waals surface area (Å²) in [5, 5.41) is 3.47. The van der Waals surface area contributed by atoms with Crippen molar-refractivity contribution in [3.05, 3.63) is 0 Å². The van der Waals surface area contributed by atoms with Gasteiger partial charge in [0.25, 0.3) is 0 Å². The smallest absolute Gasteiger partial charge is 0.0825 e. The highest BCUT2D eigenvalue weighted by molar-refractivity contribution is 6.21. The fourth-order valence-electron chi connectivity index (χ4n) is 1.61. The van der Waals surface area contributed by atoms with Crippen molar-refractivity contribution in [2.45, 2.75) is 30.8 Å². The number of hydrogen-bond acceptors (Lipinski definition) is 2. The van der Waals surface area contributed by atoms with E-state index in [1.54, 1.807) is 0 Å². The van der Waals surface area contributed by atoms with Crippen LogP contribution in [0.1, 0.15) is 13.8 Å². The van der Waals surface area contributed by atoms with E-state index in [1.165, 1.54) is 0 Å². The Morgan fingerprint density at radius 1 is 1.38 bits per heavy atom. The summed E-state index contributed by atoms with van der Waals surface area (Å²) in [6.45, 7) is 6.97. The number of halogens is 3. The highest BCUT2D eigenvalue weighted by Crippen LogP contribution is 2.17. The number of hydrogen-bond donors (Lipinski definition) is 1. The molecule has 5 heteroatoms. The molecule has 0 saturated carbocycles. The van der Waals surface area contributed by atoms with Gasteiger partial charge in [-0.2, -0.15) is 0 Å². The zero-order chi connectivity index (χ0) is 9.14. The first-order valence-corrected chi connectivity index (χ1v) is 5.25. The van der Waals surface area contributed by atoms with E-state index in [9.17, 15) is 0 Å². The van der Waals surface area contributed by atoms with Crippen LogP contribution in [0.5, 0.6) is 0 Å². The Hall–Kier alpha value is 0.790. The molecule has 2 nitrogen and oxygen atoms in total. The molecule has 13 heavy (non-hydrogen) atoms. The predicted molar refractivity (Wildman–Crippen MR) is 61.2 cm³/mol. The SMILES string of the molecule is CC(Cl)C1CNCCN1C(C)Cl.Cl. The van der Waals surface area contributed by atoms with Gasteiger partial charge >= 0.3 is 0 Å². The molecule has 3 atom stereocenters. The fourth-order valence-corrected chi connectivity index (χ4v) is 2.09. The van der Waals surface area contributed by atoms with Gasteiger partial charge in [0.05, 0.1) is 5.50 Å². The molecular formula is C8H17Cl3N2. The summed E-state index contributed by atoms with van der Waals surface area (Å²) in [7, 11) is 0. The summed E-state index contributed by atoms with van der Waals surface area (Å²) in [4.78, 5) is 2.25. The second kappa shape index (κ2) is 6.31. The van der Waals surface area contributed by atoms with Crippen molar-refractivity contribution in [3.8, 4) is 0 Å². The highest BCUT2D eigenvalue weighted by Gasteiger charge is 2.28. The Kier molecular flexibility index (Phi) is 6.69. The number of nitrogens with one attached hydrogen (secondary N) is 1. The monoisotopic (exact) mass is 246 g/mol. The van der Waals surface area contributed by atoms with Gasteiger partial charge in [-0.05, 0) is 13.8 Å². The molecule has 80 valence electrons. The standard InChI is InChI=1S/C8H16Cl2N2.ClH/c1-6(9)8-5-11-3-4-12(8)7(2)10;/h6-8,11H,3-5H2,1-2H3;1H. The van der Waals surface area contributed by atoms with Gasteiger partial charge < -0.3 is 5.32 Å². The van der Waals surface area contributed by atoms with Gasteiger partial charge in [0.15, 0.2) is 0 Å². The van der Waals surface area contributed by atoms with Gasteiger partial charge in [-0.1, -0.05) is 0 Å². The van der Waals surface area contributed by atoms with E-state index < -0.39 is 0 Å². The largest absolute Gasteiger partial charge is 0.314 e. The molecule has 0 radical (unpaired) electrons. The van der Waals surface area contributed by atoms with Crippen molar-refractivity contribution in [2.75, 3.05) is 19.6 Å². The lowest BCUT2D eigenvalue weighted by Crippen LogP contribution is -2.56. The van der Waals surface area contributed by atoms with Gasteiger partial charge in [-0.15, -0.1) is 35.6 Å². The lowest BCUT2D eigenvalue weighted by molar-refractivity contribution is 0.150. The van der Waals surface area contributed by atoms with E-state index >= 15 is 0 Å². The molecule has 0 spiro atoms.